The van der Waals surface area contributed by atoms with E-state index in [0.717, 1.165) is 30.6 Å². The van der Waals surface area contributed by atoms with Crippen molar-refractivity contribution >= 4 is 23.2 Å². The third kappa shape index (κ3) is 4.53. The molecule has 3 rings (SSSR count). The Morgan fingerprint density at radius 3 is 2.71 bits per heavy atom. The first-order chi connectivity index (χ1) is 13.5. The lowest BCUT2D eigenvalue weighted by Crippen LogP contribution is -2.36. The number of benzene rings is 2. The predicted octanol–water partition coefficient (Wildman–Crippen LogP) is 3.37. The molecule has 2 aromatic carbocycles. The van der Waals surface area contributed by atoms with Gasteiger partial charge in [-0.25, -0.2) is 0 Å². The number of anilines is 2. The summed E-state index contributed by atoms with van der Waals surface area (Å²) >= 11 is 0. The lowest BCUT2D eigenvalue weighted by atomic mass is 9.98. The summed E-state index contributed by atoms with van der Waals surface area (Å²) in [6.07, 6.45) is 2.99. The van der Waals surface area contributed by atoms with E-state index in [1.54, 1.807) is 6.07 Å². The molecule has 0 atom stereocenters. The second kappa shape index (κ2) is 8.91. The first-order valence-electron chi connectivity index (χ1n) is 10.0. The van der Waals surface area contributed by atoms with Crippen LogP contribution in [0.2, 0.25) is 0 Å². The van der Waals surface area contributed by atoms with Crippen LogP contribution in [0.5, 0.6) is 0 Å². The van der Waals surface area contributed by atoms with Crippen molar-refractivity contribution in [3.05, 3.63) is 58.7 Å². The van der Waals surface area contributed by atoms with Gasteiger partial charge in [0.25, 0.3) is 0 Å². The van der Waals surface area contributed by atoms with Gasteiger partial charge in [0.05, 0.1) is 0 Å². The lowest BCUT2D eigenvalue weighted by molar-refractivity contribution is -0.136. The second-order valence-electron chi connectivity index (χ2n) is 7.35. The number of fused-ring (bicyclic) bond motifs is 1. The third-order valence-electron chi connectivity index (χ3n) is 5.50. The second-order valence-corrected chi connectivity index (χ2v) is 7.35. The summed E-state index contributed by atoms with van der Waals surface area (Å²) < 4.78 is 0. The smallest absolute Gasteiger partial charge is 0.313 e. The molecule has 28 heavy (non-hydrogen) atoms. The monoisotopic (exact) mass is 379 g/mol. The largest absolute Gasteiger partial charge is 0.372 e. The van der Waals surface area contributed by atoms with Crippen molar-refractivity contribution in [3.8, 4) is 0 Å². The van der Waals surface area contributed by atoms with E-state index in [4.69, 9.17) is 0 Å². The van der Waals surface area contributed by atoms with Crippen molar-refractivity contribution in [2.45, 2.75) is 40.0 Å². The molecule has 0 unspecified atom stereocenters. The highest BCUT2D eigenvalue weighted by molar-refractivity contribution is 6.39. The number of nitrogens with one attached hydrogen (secondary N) is 2. The number of carbonyl (C=O) groups is 2. The summed E-state index contributed by atoms with van der Waals surface area (Å²) in [6, 6.07) is 12.2. The van der Waals surface area contributed by atoms with Gasteiger partial charge in [0.2, 0.25) is 0 Å². The average Bonchev–Trinajstić information content (AvgIpc) is 2.70. The van der Waals surface area contributed by atoms with Crippen molar-refractivity contribution in [1.82, 2.24) is 5.32 Å². The van der Waals surface area contributed by atoms with Gasteiger partial charge in [-0.3, -0.25) is 9.59 Å². The maximum Gasteiger partial charge on any atom is 0.313 e. The zero-order chi connectivity index (χ0) is 20.1. The van der Waals surface area contributed by atoms with E-state index < -0.39 is 11.8 Å². The molecule has 2 amide bonds. The first kappa shape index (κ1) is 19.9. The van der Waals surface area contributed by atoms with E-state index in [1.165, 1.54) is 23.2 Å². The van der Waals surface area contributed by atoms with Crippen LogP contribution in [-0.4, -0.2) is 31.4 Å². The van der Waals surface area contributed by atoms with Crippen LogP contribution >= 0.6 is 0 Å². The lowest BCUT2D eigenvalue weighted by Gasteiger charge is -2.30. The number of aryl methyl sites for hydroxylation is 2. The molecule has 5 heteroatoms. The highest BCUT2D eigenvalue weighted by atomic mass is 16.2. The minimum atomic E-state index is -0.627. The Labute approximate surface area is 167 Å². The molecule has 5 nitrogen and oxygen atoms in total. The summed E-state index contributed by atoms with van der Waals surface area (Å²) in [5.74, 6) is -1.23. The van der Waals surface area contributed by atoms with E-state index in [9.17, 15) is 9.59 Å². The van der Waals surface area contributed by atoms with Gasteiger partial charge >= 0.3 is 11.8 Å². The zero-order valence-electron chi connectivity index (χ0n) is 17.0. The summed E-state index contributed by atoms with van der Waals surface area (Å²) in [7, 11) is 0. The number of rotatable bonds is 5. The Balaban J connectivity index is 1.52. The third-order valence-corrected chi connectivity index (χ3v) is 5.50. The standard InChI is InChI=1S/C23H29N3O2/c1-4-26-14-6-8-19-15-18(10-11-21(19)26)12-13-24-22(27)23(28)25-20-9-5-7-16(2)17(20)3/h5,7,9-11,15H,4,6,8,12-14H2,1-3H3,(H,24,27)(H,25,28). The molecule has 0 aromatic heterocycles. The number of nitrogens with zero attached hydrogens (tertiary/aromatic N) is 1. The Morgan fingerprint density at radius 2 is 1.93 bits per heavy atom. The minimum Gasteiger partial charge on any atom is -0.372 e. The van der Waals surface area contributed by atoms with E-state index in [2.05, 4.69) is 40.7 Å². The number of hydrogen-bond donors (Lipinski definition) is 2. The Kier molecular flexibility index (Phi) is 6.34. The Hall–Kier alpha value is -2.82. The molecule has 1 aliphatic heterocycles. The van der Waals surface area contributed by atoms with Crippen LogP contribution in [0.3, 0.4) is 0 Å². The SMILES string of the molecule is CCN1CCCc2cc(CCNC(=O)C(=O)Nc3cccc(C)c3C)ccc21. The van der Waals surface area contributed by atoms with Crippen LogP contribution in [-0.2, 0) is 22.4 Å². The van der Waals surface area contributed by atoms with Gasteiger partial charge in [-0.15, -0.1) is 0 Å². The summed E-state index contributed by atoms with van der Waals surface area (Å²) in [6.45, 7) is 8.67. The molecule has 148 valence electrons. The molecule has 0 fully saturated rings. The van der Waals surface area contributed by atoms with Crippen LogP contribution < -0.4 is 15.5 Å². The van der Waals surface area contributed by atoms with E-state index in [1.807, 2.05) is 26.0 Å². The molecular formula is C23H29N3O2. The fraction of sp³-hybridized carbons (Fsp3) is 0.391. The van der Waals surface area contributed by atoms with Gasteiger partial charge in [-0.05, 0) is 74.4 Å². The predicted molar refractivity (Wildman–Crippen MR) is 114 cm³/mol. The van der Waals surface area contributed by atoms with Crippen LogP contribution in [0.15, 0.2) is 36.4 Å². The number of carbonyl (C=O) groups excluding carboxylic acids is 2. The molecule has 0 saturated heterocycles. The zero-order valence-corrected chi connectivity index (χ0v) is 17.0. The quantitative estimate of drug-likeness (QED) is 0.783. The fourth-order valence-corrected chi connectivity index (χ4v) is 3.68. The van der Waals surface area contributed by atoms with Crippen LogP contribution in [0, 0.1) is 13.8 Å². The average molecular weight is 380 g/mol. The Bertz CT molecular complexity index is 876. The molecule has 0 bridgehead atoms. The minimum absolute atomic E-state index is 0.440. The normalized spacial score (nSPS) is 13.0. The van der Waals surface area contributed by atoms with Gasteiger partial charge in [0.15, 0.2) is 0 Å². The van der Waals surface area contributed by atoms with Crippen LogP contribution in [0.1, 0.15) is 35.6 Å². The van der Waals surface area contributed by atoms with Crippen molar-refractivity contribution in [1.29, 1.82) is 0 Å². The van der Waals surface area contributed by atoms with E-state index >= 15 is 0 Å². The van der Waals surface area contributed by atoms with Crippen LogP contribution in [0.25, 0.3) is 0 Å². The molecule has 0 aliphatic carbocycles. The molecule has 1 aliphatic rings. The first-order valence-corrected chi connectivity index (χ1v) is 10.0. The van der Waals surface area contributed by atoms with E-state index in [0.29, 0.717) is 18.7 Å². The van der Waals surface area contributed by atoms with Gasteiger partial charge in [0, 0.05) is 31.0 Å². The maximum absolute atomic E-state index is 12.2. The van der Waals surface area contributed by atoms with Crippen molar-refractivity contribution in [2.24, 2.45) is 0 Å². The maximum atomic E-state index is 12.2. The highest BCUT2D eigenvalue weighted by Gasteiger charge is 2.17. The molecule has 2 aromatic rings. The van der Waals surface area contributed by atoms with Crippen LogP contribution in [0.4, 0.5) is 11.4 Å². The molecule has 2 N–H and O–H groups in total. The van der Waals surface area contributed by atoms with E-state index in [-0.39, 0.29) is 0 Å². The summed E-state index contributed by atoms with van der Waals surface area (Å²) in [5, 5.41) is 5.42. The number of amides is 2. The van der Waals surface area contributed by atoms with Gasteiger partial charge in [0.1, 0.15) is 0 Å². The van der Waals surface area contributed by atoms with Crippen molar-refractivity contribution in [2.75, 3.05) is 29.9 Å². The Morgan fingerprint density at radius 1 is 1.11 bits per heavy atom. The molecule has 0 radical (unpaired) electrons. The molecule has 0 spiro atoms. The number of hydrogen-bond acceptors (Lipinski definition) is 3. The van der Waals surface area contributed by atoms with Gasteiger partial charge in [-0.2, -0.15) is 0 Å². The summed E-state index contributed by atoms with van der Waals surface area (Å²) in [5.41, 5.74) is 6.62. The highest BCUT2D eigenvalue weighted by Crippen LogP contribution is 2.27. The van der Waals surface area contributed by atoms with Gasteiger partial charge < -0.3 is 15.5 Å². The fourth-order valence-electron chi connectivity index (χ4n) is 3.68. The molecule has 1 heterocycles. The van der Waals surface area contributed by atoms with Crippen molar-refractivity contribution < 1.29 is 9.59 Å². The van der Waals surface area contributed by atoms with Crippen molar-refractivity contribution in [3.63, 3.8) is 0 Å². The molecule has 0 saturated carbocycles. The topological polar surface area (TPSA) is 61.4 Å². The summed E-state index contributed by atoms with van der Waals surface area (Å²) in [4.78, 5) is 26.7. The van der Waals surface area contributed by atoms with Gasteiger partial charge in [-0.1, -0.05) is 24.3 Å². The molecular weight excluding hydrogens is 350 g/mol.